The molecular formula is C65H36N16. The Bertz CT molecular complexity index is 5350. The van der Waals surface area contributed by atoms with Crippen molar-refractivity contribution in [2.45, 2.75) is 6.92 Å². The molecule has 0 fully saturated rings. The predicted octanol–water partition coefficient (Wildman–Crippen LogP) is 13.6. The van der Waals surface area contributed by atoms with Gasteiger partial charge in [0.15, 0.2) is 23.3 Å². The molecule has 16 nitrogen and oxygen atoms in total. The molecule has 2 aliphatic heterocycles. The molecule has 0 unspecified atom stereocenters. The zero-order valence-corrected chi connectivity index (χ0v) is 42.7. The van der Waals surface area contributed by atoms with E-state index in [-0.39, 0.29) is 0 Å². The van der Waals surface area contributed by atoms with Gasteiger partial charge < -0.3 is 9.97 Å². The molecule has 376 valence electrons. The Hall–Kier alpha value is -11.5. The third kappa shape index (κ3) is 6.70. The molecule has 7 aromatic heterocycles. The maximum absolute atomic E-state index is 5.69. The van der Waals surface area contributed by atoms with Crippen molar-refractivity contribution < 1.29 is 0 Å². The summed E-state index contributed by atoms with van der Waals surface area (Å²) in [5, 5.41) is 10.9. The molecule has 9 heterocycles. The van der Waals surface area contributed by atoms with E-state index < -0.39 is 0 Å². The molecule has 0 spiro atoms. The van der Waals surface area contributed by atoms with Crippen LogP contribution in [0.4, 0.5) is 0 Å². The van der Waals surface area contributed by atoms with Crippen molar-refractivity contribution in [1.29, 1.82) is 0 Å². The minimum Gasteiger partial charge on any atom is -0.324 e. The number of nitrogens with zero attached hydrogens (tertiary/aromatic N) is 14. The maximum atomic E-state index is 5.69. The molecule has 0 radical (unpaired) electrons. The lowest BCUT2D eigenvalue weighted by Gasteiger charge is -2.13. The first-order valence-corrected chi connectivity index (χ1v) is 26.2. The van der Waals surface area contributed by atoms with E-state index in [1.54, 1.807) is 74.4 Å². The highest BCUT2D eigenvalue weighted by molar-refractivity contribution is 6.24. The van der Waals surface area contributed by atoms with Crippen LogP contribution in [-0.4, -0.2) is 79.7 Å². The minimum atomic E-state index is 0.405. The van der Waals surface area contributed by atoms with Gasteiger partial charge in [0.1, 0.15) is 22.6 Å². The van der Waals surface area contributed by atoms with Crippen molar-refractivity contribution in [2.24, 2.45) is 0 Å². The fraction of sp³-hybridized carbons (Fsp3) is 0.0154. The van der Waals surface area contributed by atoms with Gasteiger partial charge in [-0.1, -0.05) is 97.1 Å². The SMILES string of the molecule is Cc1c2ccccc2c(-c2cnccn2)c2c3nc4nc(nc5[nH]c(nc6nc(nc([nH]3)c12)-c1c-6cc2ccccc2c1-c1cnccn1)c1c(-c2cnccn2)c2ccccc2cc51)-c1c-4cc2ccccc2c1-c1cnccn1. The summed E-state index contributed by atoms with van der Waals surface area (Å²) in [6, 6.07) is 39.5. The Morgan fingerprint density at radius 2 is 0.679 bits per heavy atom. The molecule has 8 aromatic carbocycles. The topological polar surface area (TPSA) is 212 Å². The number of aromatic amines is 2. The van der Waals surface area contributed by atoms with E-state index in [0.29, 0.717) is 68.7 Å². The smallest absolute Gasteiger partial charge is 0.165 e. The lowest BCUT2D eigenvalue weighted by atomic mass is 9.92. The van der Waals surface area contributed by atoms with Crippen molar-refractivity contribution >= 4 is 87.2 Å². The molecule has 17 rings (SSSR count). The second kappa shape index (κ2) is 17.2. The highest BCUT2D eigenvalue weighted by atomic mass is 15.1. The van der Waals surface area contributed by atoms with E-state index in [0.717, 1.165) is 115 Å². The molecule has 0 saturated heterocycles. The molecule has 8 bridgehead atoms. The van der Waals surface area contributed by atoms with Crippen LogP contribution in [0.5, 0.6) is 0 Å². The van der Waals surface area contributed by atoms with Crippen molar-refractivity contribution in [3.63, 3.8) is 0 Å². The van der Waals surface area contributed by atoms with Gasteiger partial charge in [0, 0.05) is 116 Å². The Balaban J connectivity index is 1.14. The van der Waals surface area contributed by atoms with Crippen LogP contribution in [-0.2, 0) is 0 Å². The zero-order chi connectivity index (χ0) is 53.3. The summed E-state index contributed by atoms with van der Waals surface area (Å²) in [5.74, 6) is 1.64. The largest absolute Gasteiger partial charge is 0.324 e. The van der Waals surface area contributed by atoms with Crippen molar-refractivity contribution in [1.82, 2.24) is 79.7 Å². The molecule has 0 saturated carbocycles. The molecule has 2 aliphatic rings. The van der Waals surface area contributed by atoms with Crippen LogP contribution >= 0.6 is 0 Å². The standard InChI is InChI=1S/C65H36N16/c1-33-37-13-8-9-17-41(37)53(48-32-69-21-25-73-48)57-49(33)61-80-64-56-44(28-36-12-4-7-16-40(36)52(56)47-31-68-20-24-72-47)59(78-64)76-62-54-42(26-34-10-2-5-14-38(34)50(54)45-29-66-18-22-70-45)58(74-62)75-63-55-43(60(77-63)79-65(57)81-61)27-35-11-3-6-15-39(35)51(55)46-30-67-19-23-71-46/h2-32H,1H3,(H2,74,75,76,77,78,79,80,81). The van der Waals surface area contributed by atoms with Crippen molar-refractivity contribution in [3.05, 3.63) is 195 Å². The Kier molecular flexibility index (Phi) is 9.49. The van der Waals surface area contributed by atoms with Gasteiger partial charge in [-0.05, 0) is 73.8 Å². The number of nitrogens with one attached hydrogen (secondary N) is 2. The molecule has 0 amide bonds. The van der Waals surface area contributed by atoms with Crippen LogP contribution in [0.1, 0.15) is 5.56 Å². The van der Waals surface area contributed by atoms with Gasteiger partial charge in [-0.3, -0.25) is 39.9 Å². The van der Waals surface area contributed by atoms with Crippen LogP contribution in [0.3, 0.4) is 0 Å². The molecule has 0 atom stereocenters. The monoisotopic (exact) mass is 1040 g/mol. The quantitative estimate of drug-likeness (QED) is 0.168. The summed E-state index contributed by atoms with van der Waals surface area (Å²) in [6.07, 6.45) is 20.7. The van der Waals surface area contributed by atoms with E-state index >= 15 is 0 Å². The second-order valence-corrected chi connectivity index (χ2v) is 20.0. The van der Waals surface area contributed by atoms with E-state index in [4.69, 9.17) is 49.8 Å². The molecule has 0 aliphatic carbocycles. The first-order chi connectivity index (χ1) is 40.1. The molecule has 2 N–H and O–H groups in total. The summed E-state index contributed by atoms with van der Waals surface area (Å²) in [4.78, 5) is 79.3. The first-order valence-electron chi connectivity index (χ1n) is 26.2. The average Bonchev–Trinajstić information content (AvgIpc) is 4.47. The second-order valence-electron chi connectivity index (χ2n) is 20.0. The first kappa shape index (κ1) is 44.6. The number of aryl methyl sites for hydroxylation is 1. The Morgan fingerprint density at radius 1 is 0.296 bits per heavy atom. The van der Waals surface area contributed by atoms with Gasteiger partial charge in [0.2, 0.25) is 0 Å². The van der Waals surface area contributed by atoms with Crippen molar-refractivity contribution in [3.8, 4) is 90.6 Å². The lowest BCUT2D eigenvalue weighted by Crippen LogP contribution is -1.93. The Morgan fingerprint density at radius 3 is 1.19 bits per heavy atom. The van der Waals surface area contributed by atoms with E-state index in [1.165, 1.54) is 0 Å². The van der Waals surface area contributed by atoms with Gasteiger partial charge in [-0.2, -0.15) is 0 Å². The fourth-order valence-electron chi connectivity index (χ4n) is 12.2. The van der Waals surface area contributed by atoms with Crippen molar-refractivity contribution in [2.75, 3.05) is 0 Å². The summed E-state index contributed by atoms with van der Waals surface area (Å²) in [5.41, 5.74) is 11.9. The van der Waals surface area contributed by atoms with Crippen LogP contribution in [0, 0.1) is 6.92 Å². The van der Waals surface area contributed by atoms with Crippen LogP contribution in [0.25, 0.3) is 178 Å². The molecule has 81 heavy (non-hydrogen) atoms. The normalized spacial score (nSPS) is 12.0. The van der Waals surface area contributed by atoms with E-state index in [1.807, 2.05) is 48.5 Å². The van der Waals surface area contributed by atoms with Crippen LogP contribution in [0.2, 0.25) is 0 Å². The maximum Gasteiger partial charge on any atom is 0.165 e. The van der Waals surface area contributed by atoms with Gasteiger partial charge in [0.05, 0.1) is 47.6 Å². The molecular weight excluding hydrogens is 1000 g/mol. The highest BCUT2D eigenvalue weighted by Crippen LogP contribution is 2.49. The summed E-state index contributed by atoms with van der Waals surface area (Å²) in [6.45, 7) is 2.12. The zero-order valence-electron chi connectivity index (χ0n) is 42.7. The third-order valence-corrected chi connectivity index (χ3v) is 15.6. The highest BCUT2D eigenvalue weighted by Gasteiger charge is 2.31. The summed E-state index contributed by atoms with van der Waals surface area (Å²) in [7, 11) is 0. The molecule has 15 aromatic rings. The number of hydrogen-bond acceptors (Lipinski definition) is 14. The number of hydrogen-bond donors (Lipinski definition) is 2. The number of aromatic nitrogens is 16. The van der Waals surface area contributed by atoms with E-state index in [2.05, 4.69) is 104 Å². The predicted molar refractivity (Wildman–Crippen MR) is 315 cm³/mol. The van der Waals surface area contributed by atoms with Gasteiger partial charge in [-0.15, -0.1) is 0 Å². The van der Waals surface area contributed by atoms with E-state index in [9.17, 15) is 0 Å². The van der Waals surface area contributed by atoms with Gasteiger partial charge in [-0.25, -0.2) is 29.9 Å². The van der Waals surface area contributed by atoms with Gasteiger partial charge >= 0.3 is 0 Å². The number of benzene rings is 8. The average molecular weight is 1040 g/mol. The van der Waals surface area contributed by atoms with Crippen LogP contribution in [0.15, 0.2) is 190 Å². The fourth-order valence-corrected chi connectivity index (χ4v) is 12.2. The summed E-state index contributed by atoms with van der Waals surface area (Å²) >= 11 is 0. The lowest BCUT2D eigenvalue weighted by molar-refractivity contribution is 1.19. The summed E-state index contributed by atoms with van der Waals surface area (Å²) < 4.78 is 0. The number of fused-ring (bicyclic) bond motifs is 24. The Labute approximate surface area is 457 Å². The third-order valence-electron chi connectivity index (χ3n) is 15.6. The number of rotatable bonds is 4. The number of H-pyrrole nitrogens is 2. The minimum absolute atomic E-state index is 0.405. The van der Waals surface area contributed by atoms with Crippen LogP contribution < -0.4 is 0 Å². The van der Waals surface area contributed by atoms with Gasteiger partial charge in [0.25, 0.3) is 0 Å². The molecule has 16 heteroatoms.